The molecule has 1 N–H and O–H groups in total. The minimum atomic E-state index is -0.259. The number of ether oxygens (including phenoxy) is 2. The van der Waals surface area contributed by atoms with E-state index in [2.05, 4.69) is 21.2 Å². The van der Waals surface area contributed by atoms with Crippen LogP contribution in [0.4, 0.5) is 10.1 Å². The summed E-state index contributed by atoms with van der Waals surface area (Å²) in [5.74, 6) is 1.26. The highest BCUT2D eigenvalue weighted by molar-refractivity contribution is 9.10. The van der Waals surface area contributed by atoms with E-state index in [-0.39, 0.29) is 11.9 Å². The Morgan fingerprint density at radius 2 is 1.86 bits per heavy atom. The van der Waals surface area contributed by atoms with Crippen LogP contribution in [0.1, 0.15) is 18.5 Å². The van der Waals surface area contributed by atoms with E-state index >= 15 is 0 Å². The molecule has 110 valence electrons. The number of fused-ring (bicyclic) bond motifs is 1. The molecule has 0 fully saturated rings. The van der Waals surface area contributed by atoms with Crippen molar-refractivity contribution < 1.29 is 13.9 Å². The Balaban J connectivity index is 1.77. The molecule has 3 nitrogen and oxygen atoms in total. The van der Waals surface area contributed by atoms with Gasteiger partial charge in [0.15, 0.2) is 11.5 Å². The fourth-order valence-electron chi connectivity index (χ4n) is 2.25. The van der Waals surface area contributed by atoms with Crippen LogP contribution in [0.25, 0.3) is 0 Å². The number of hydrogen-bond acceptors (Lipinski definition) is 3. The number of rotatable bonds is 3. The maximum atomic E-state index is 13.3. The van der Waals surface area contributed by atoms with E-state index in [1.165, 1.54) is 6.07 Å². The zero-order valence-corrected chi connectivity index (χ0v) is 13.1. The Labute approximate surface area is 131 Å². The highest BCUT2D eigenvalue weighted by Gasteiger charge is 2.13. The highest BCUT2D eigenvalue weighted by Crippen LogP contribution is 2.34. The van der Waals surface area contributed by atoms with Crippen LogP contribution in [0.3, 0.4) is 0 Å². The van der Waals surface area contributed by atoms with Crippen LogP contribution < -0.4 is 14.8 Å². The second kappa shape index (κ2) is 5.93. The normalized spacial score (nSPS) is 14.6. The summed E-state index contributed by atoms with van der Waals surface area (Å²) < 4.78 is 24.8. The van der Waals surface area contributed by atoms with Gasteiger partial charge in [-0.3, -0.25) is 0 Å². The van der Waals surface area contributed by atoms with Gasteiger partial charge in [-0.1, -0.05) is 6.07 Å². The molecule has 21 heavy (non-hydrogen) atoms. The molecule has 2 aromatic carbocycles. The number of halogens is 2. The monoisotopic (exact) mass is 351 g/mol. The molecule has 0 saturated heterocycles. The molecule has 1 atom stereocenters. The van der Waals surface area contributed by atoms with Crippen LogP contribution >= 0.6 is 15.9 Å². The minimum Gasteiger partial charge on any atom is -0.486 e. The van der Waals surface area contributed by atoms with Crippen molar-refractivity contribution in [2.24, 2.45) is 0 Å². The molecule has 5 heteroatoms. The molecule has 0 amide bonds. The average molecular weight is 352 g/mol. The van der Waals surface area contributed by atoms with Crippen LogP contribution in [-0.2, 0) is 0 Å². The number of hydrogen-bond donors (Lipinski definition) is 1. The summed E-state index contributed by atoms with van der Waals surface area (Å²) in [7, 11) is 0. The predicted octanol–water partition coefficient (Wildman–Crippen LogP) is 4.53. The van der Waals surface area contributed by atoms with Crippen molar-refractivity contribution in [1.29, 1.82) is 0 Å². The maximum Gasteiger partial charge on any atom is 0.163 e. The SMILES string of the molecule is CC(Nc1ccc2c(c1)OCCO2)c1ccc(F)c(Br)c1. The van der Waals surface area contributed by atoms with Crippen molar-refractivity contribution in [3.05, 3.63) is 52.3 Å². The van der Waals surface area contributed by atoms with Crippen molar-refractivity contribution >= 4 is 21.6 Å². The van der Waals surface area contributed by atoms with Gasteiger partial charge in [0.2, 0.25) is 0 Å². The first-order valence-electron chi connectivity index (χ1n) is 6.74. The fourth-order valence-corrected chi connectivity index (χ4v) is 2.64. The third-order valence-corrected chi connectivity index (χ3v) is 3.98. The fraction of sp³-hybridized carbons (Fsp3) is 0.250. The number of anilines is 1. The van der Waals surface area contributed by atoms with Gasteiger partial charge in [-0.2, -0.15) is 0 Å². The molecule has 0 aliphatic carbocycles. The molecule has 0 saturated carbocycles. The molecule has 0 spiro atoms. The van der Waals surface area contributed by atoms with Crippen molar-refractivity contribution in [2.75, 3.05) is 18.5 Å². The van der Waals surface area contributed by atoms with E-state index < -0.39 is 0 Å². The Morgan fingerprint density at radius 3 is 2.62 bits per heavy atom. The summed E-state index contributed by atoms with van der Waals surface area (Å²) in [5.41, 5.74) is 1.94. The lowest BCUT2D eigenvalue weighted by Crippen LogP contribution is -2.15. The summed E-state index contributed by atoms with van der Waals surface area (Å²) in [6.07, 6.45) is 0. The van der Waals surface area contributed by atoms with Gasteiger partial charge in [0.25, 0.3) is 0 Å². The molecule has 3 rings (SSSR count). The third kappa shape index (κ3) is 3.13. The maximum absolute atomic E-state index is 13.3. The summed E-state index contributed by atoms with van der Waals surface area (Å²) in [6, 6.07) is 10.8. The molecule has 0 aromatic heterocycles. The van der Waals surface area contributed by atoms with E-state index in [0.717, 1.165) is 22.7 Å². The summed E-state index contributed by atoms with van der Waals surface area (Å²) in [6.45, 7) is 3.17. The smallest absolute Gasteiger partial charge is 0.163 e. The lowest BCUT2D eigenvalue weighted by Gasteiger charge is -2.21. The highest BCUT2D eigenvalue weighted by atomic mass is 79.9. The van der Waals surface area contributed by atoms with E-state index in [4.69, 9.17) is 9.47 Å². The summed E-state index contributed by atoms with van der Waals surface area (Å²) >= 11 is 3.21. The lowest BCUT2D eigenvalue weighted by atomic mass is 10.1. The zero-order valence-electron chi connectivity index (χ0n) is 11.5. The van der Waals surface area contributed by atoms with Gasteiger partial charge in [0.1, 0.15) is 19.0 Å². The van der Waals surface area contributed by atoms with Crippen molar-refractivity contribution in [3.63, 3.8) is 0 Å². The van der Waals surface area contributed by atoms with Crippen molar-refractivity contribution in [3.8, 4) is 11.5 Å². The lowest BCUT2D eigenvalue weighted by molar-refractivity contribution is 0.171. The largest absolute Gasteiger partial charge is 0.486 e. The first-order chi connectivity index (χ1) is 10.1. The first kappa shape index (κ1) is 14.2. The Bertz CT molecular complexity index is 663. The van der Waals surface area contributed by atoms with E-state index in [9.17, 15) is 4.39 Å². The van der Waals surface area contributed by atoms with Gasteiger partial charge in [-0.25, -0.2) is 4.39 Å². The van der Waals surface area contributed by atoms with Crippen LogP contribution in [-0.4, -0.2) is 13.2 Å². The molecule has 1 heterocycles. The van der Waals surface area contributed by atoms with E-state index in [1.54, 1.807) is 12.1 Å². The van der Waals surface area contributed by atoms with Crippen molar-refractivity contribution in [2.45, 2.75) is 13.0 Å². The van der Waals surface area contributed by atoms with Gasteiger partial charge in [0.05, 0.1) is 4.47 Å². The van der Waals surface area contributed by atoms with Crippen LogP contribution in [0.2, 0.25) is 0 Å². The molecule has 1 aliphatic rings. The van der Waals surface area contributed by atoms with Gasteiger partial charge in [0, 0.05) is 17.8 Å². The quantitative estimate of drug-likeness (QED) is 0.880. The zero-order chi connectivity index (χ0) is 14.8. The molecule has 1 aliphatic heterocycles. The molecule has 1 unspecified atom stereocenters. The number of nitrogens with one attached hydrogen (secondary N) is 1. The summed E-state index contributed by atoms with van der Waals surface area (Å²) in [5, 5.41) is 3.38. The standard InChI is InChI=1S/C16H15BrFNO2/c1-10(11-2-4-14(18)13(17)8-11)19-12-3-5-15-16(9-12)21-7-6-20-15/h2-5,8-10,19H,6-7H2,1H3. The minimum absolute atomic E-state index is 0.0458. The molecule has 2 aromatic rings. The number of benzene rings is 2. The predicted molar refractivity (Wildman–Crippen MR) is 83.6 cm³/mol. The van der Waals surface area contributed by atoms with Gasteiger partial charge >= 0.3 is 0 Å². The Kier molecular flexibility index (Phi) is 4.01. The first-order valence-corrected chi connectivity index (χ1v) is 7.54. The van der Waals surface area contributed by atoms with E-state index in [1.807, 2.05) is 25.1 Å². The van der Waals surface area contributed by atoms with Crippen LogP contribution in [0.5, 0.6) is 11.5 Å². The summed E-state index contributed by atoms with van der Waals surface area (Å²) in [4.78, 5) is 0. The van der Waals surface area contributed by atoms with Crippen LogP contribution in [0.15, 0.2) is 40.9 Å². The molecular weight excluding hydrogens is 337 g/mol. The third-order valence-electron chi connectivity index (χ3n) is 3.37. The van der Waals surface area contributed by atoms with Crippen molar-refractivity contribution in [1.82, 2.24) is 0 Å². The Hall–Kier alpha value is -1.75. The van der Waals surface area contributed by atoms with Gasteiger partial charge in [-0.05, 0) is 52.7 Å². The molecule has 0 radical (unpaired) electrons. The molecule has 0 bridgehead atoms. The average Bonchev–Trinajstić information content (AvgIpc) is 2.50. The second-order valence-corrected chi connectivity index (χ2v) is 5.75. The van der Waals surface area contributed by atoms with Crippen LogP contribution in [0, 0.1) is 5.82 Å². The van der Waals surface area contributed by atoms with Gasteiger partial charge < -0.3 is 14.8 Å². The van der Waals surface area contributed by atoms with E-state index in [0.29, 0.717) is 17.7 Å². The topological polar surface area (TPSA) is 30.5 Å². The molecular formula is C16H15BrFNO2. The Morgan fingerprint density at radius 1 is 1.10 bits per heavy atom. The second-order valence-electron chi connectivity index (χ2n) is 4.90. The van der Waals surface area contributed by atoms with Gasteiger partial charge in [-0.15, -0.1) is 0 Å².